The maximum absolute atomic E-state index is 10.9. The lowest BCUT2D eigenvalue weighted by atomic mass is 10.2. The first kappa shape index (κ1) is 6.92. The molecule has 1 fully saturated rings. The third kappa shape index (κ3) is 1.61. The Bertz CT molecular complexity index is 112. The molecule has 1 saturated heterocycles. The van der Waals surface area contributed by atoms with Crippen LogP contribution in [0.1, 0.15) is 12.8 Å². The molecular formula is C5H12N2OSi. The van der Waals surface area contributed by atoms with E-state index in [9.17, 15) is 4.79 Å². The summed E-state index contributed by atoms with van der Waals surface area (Å²) < 4.78 is 0. The highest BCUT2D eigenvalue weighted by Crippen LogP contribution is 2.03. The second-order valence-electron chi connectivity index (χ2n) is 2.32. The van der Waals surface area contributed by atoms with Crippen molar-refractivity contribution in [1.82, 2.24) is 5.32 Å². The molecule has 0 bridgehead atoms. The van der Waals surface area contributed by atoms with Crippen LogP contribution in [0.5, 0.6) is 0 Å². The van der Waals surface area contributed by atoms with E-state index >= 15 is 0 Å². The lowest BCUT2D eigenvalue weighted by Gasteiger charge is -2.04. The predicted molar refractivity (Wildman–Crippen MR) is 38.8 cm³/mol. The van der Waals surface area contributed by atoms with E-state index < -0.39 is 9.68 Å². The lowest BCUT2D eigenvalue weighted by molar-refractivity contribution is -0.113. The molecule has 0 saturated carbocycles. The zero-order valence-corrected chi connectivity index (χ0v) is 6.81. The van der Waals surface area contributed by atoms with E-state index in [2.05, 4.69) is 5.32 Å². The Hall–Kier alpha value is -0.193. The Morgan fingerprint density at radius 2 is 2.56 bits per heavy atom. The Morgan fingerprint density at radius 3 is 3.00 bits per heavy atom. The van der Waals surface area contributed by atoms with Gasteiger partial charge >= 0.3 is 0 Å². The molecule has 0 aromatic carbocycles. The van der Waals surface area contributed by atoms with Crippen LogP contribution in [0.25, 0.3) is 0 Å². The molecule has 1 rings (SSSR count). The van der Waals surface area contributed by atoms with Crippen molar-refractivity contribution < 1.29 is 4.79 Å². The summed E-state index contributed by atoms with van der Waals surface area (Å²) in [6.45, 7) is 0.991. The number of nitrogens with one attached hydrogen (secondary N) is 1. The summed E-state index contributed by atoms with van der Waals surface area (Å²) in [6, 6.07) is 0.127. The van der Waals surface area contributed by atoms with Crippen molar-refractivity contribution in [2.24, 2.45) is 5.40 Å². The van der Waals surface area contributed by atoms with Crippen molar-refractivity contribution in [2.45, 2.75) is 18.9 Å². The van der Waals surface area contributed by atoms with Crippen molar-refractivity contribution in [3.63, 3.8) is 0 Å². The molecule has 3 N–H and O–H groups in total. The van der Waals surface area contributed by atoms with Crippen molar-refractivity contribution in [3.8, 4) is 0 Å². The minimum absolute atomic E-state index is 0.127. The van der Waals surface area contributed by atoms with Gasteiger partial charge in [0.15, 0.2) is 9.68 Å². The highest BCUT2D eigenvalue weighted by atomic mass is 28.2. The third-order valence-electron chi connectivity index (χ3n) is 1.65. The molecule has 0 aliphatic carbocycles. The Morgan fingerprint density at radius 1 is 1.78 bits per heavy atom. The summed E-state index contributed by atoms with van der Waals surface area (Å²) in [5.41, 5.74) is 0. The number of rotatable bonds is 2. The fourth-order valence-corrected chi connectivity index (χ4v) is 1.73. The van der Waals surface area contributed by atoms with E-state index in [4.69, 9.17) is 5.40 Å². The van der Waals surface area contributed by atoms with Crippen LogP contribution < -0.4 is 10.7 Å². The normalized spacial score (nSPS) is 27.9. The maximum Gasteiger partial charge on any atom is 0.170 e. The Kier molecular flexibility index (Phi) is 2.38. The van der Waals surface area contributed by atoms with Crippen molar-refractivity contribution in [1.29, 1.82) is 0 Å². The average Bonchev–Trinajstić information content (AvgIpc) is 2.37. The highest BCUT2D eigenvalue weighted by molar-refractivity contribution is 6.72. The van der Waals surface area contributed by atoms with E-state index in [1.165, 1.54) is 0 Å². The molecule has 0 aromatic rings. The van der Waals surface area contributed by atoms with Gasteiger partial charge in [-0.15, -0.1) is 0 Å². The fraction of sp³-hybridized carbons (Fsp3) is 0.800. The summed E-state index contributed by atoms with van der Waals surface area (Å²) in [6.07, 6.45) is 2.13. The molecule has 9 heavy (non-hydrogen) atoms. The minimum atomic E-state index is -0.892. The zero-order chi connectivity index (χ0) is 6.69. The number of nitrogens with two attached hydrogens (primary N) is 1. The van der Waals surface area contributed by atoms with Gasteiger partial charge in [0, 0.05) is 0 Å². The van der Waals surface area contributed by atoms with Gasteiger partial charge in [-0.25, -0.2) is 0 Å². The molecule has 0 aromatic heterocycles. The van der Waals surface area contributed by atoms with Gasteiger partial charge in [-0.05, 0) is 19.4 Å². The molecule has 1 aliphatic heterocycles. The molecule has 4 heteroatoms. The van der Waals surface area contributed by atoms with E-state index in [1.54, 1.807) is 0 Å². The van der Waals surface area contributed by atoms with Gasteiger partial charge in [-0.3, -0.25) is 0 Å². The molecule has 52 valence electrons. The summed E-state index contributed by atoms with van der Waals surface area (Å²) in [5, 5.41) is 8.70. The topological polar surface area (TPSA) is 55.1 Å². The van der Waals surface area contributed by atoms with Crippen molar-refractivity contribution in [3.05, 3.63) is 0 Å². The number of carbonyl (C=O) groups excluding carboxylic acids is 1. The van der Waals surface area contributed by atoms with Crippen molar-refractivity contribution in [2.75, 3.05) is 6.54 Å². The highest BCUT2D eigenvalue weighted by Gasteiger charge is 2.19. The Labute approximate surface area is 56.9 Å². The molecule has 0 unspecified atom stereocenters. The molecule has 3 nitrogen and oxygen atoms in total. The molecule has 1 heterocycles. The van der Waals surface area contributed by atoms with E-state index in [0.717, 1.165) is 19.4 Å². The largest absolute Gasteiger partial charge is 0.350 e. The van der Waals surface area contributed by atoms with Gasteiger partial charge in [-0.1, -0.05) is 0 Å². The summed E-state index contributed by atoms with van der Waals surface area (Å²) >= 11 is 0. The molecule has 0 amide bonds. The quantitative estimate of drug-likeness (QED) is 0.455. The minimum Gasteiger partial charge on any atom is -0.350 e. The van der Waals surface area contributed by atoms with Crippen molar-refractivity contribution >= 4 is 15.1 Å². The molecule has 1 aliphatic rings. The van der Waals surface area contributed by atoms with Crippen LogP contribution in [0.4, 0.5) is 0 Å². The van der Waals surface area contributed by atoms with Crippen LogP contribution in [0.2, 0.25) is 0 Å². The molecule has 0 radical (unpaired) electrons. The van der Waals surface area contributed by atoms with Crippen LogP contribution >= 0.6 is 0 Å². The molecular weight excluding hydrogens is 132 g/mol. The zero-order valence-electron chi connectivity index (χ0n) is 5.39. The average molecular weight is 144 g/mol. The first-order valence-corrected chi connectivity index (χ1v) is 4.83. The van der Waals surface area contributed by atoms with Gasteiger partial charge in [0.05, 0.1) is 6.04 Å². The second-order valence-corrected chi connectivity index (χ2v) is 3.42. The smallest absolute Gasteiger partial charge is 0.170 e. The second kappa shape index (κ2) is 3.10. The fourth-order valence-electron chi connectivity index (χ4n) is 1.10. The number of hydrogen-bond acceptors (Lipinski definition) is 3. The summed E-state index contributed by atoms with van der Waals surface area (Å²) in [7, 11) is -0.892. The standard InChI is InChI=1S/C5H12N2OSi/c6-9-5(8)4-2-1-3-7-4/h4,7H,1-3,6,9H2/t4-/m1/s1. The van der Waals surface area contributed by atoms with Gasteiger partial charge < -0.3 is 15.5 Å². The monoisotopic (exact) mass is 144 g/mol. The predicted octanol–water partition coefficient (Wildman–Crippen LogP) is -1.69. The van der Waals surface area contributed by atoms with Gasteiger partial charge in [0.2, 0.25) is 0 Å². The van der Waals surface area contributed by atoms with Gasteiger partial charge in [0.1, 0.15) is 5.41 Å². The summed E-state index contributed by atoms with van der Waals surface area (Å²) in [4.78, 5) is 10.9. The first-order chi connectivity index (χ1) is 4.34. The number of hydrogen-bond donors (Lipinski definition) is 2. The van der Waals surface area contributed by atoms with Crippen LogP contribution in [0.3, 0.4) is 0 Å². The van der Waals surface area contributed by atoms with E-state index in [-0.39, 0.29) is 11.4 Å². The van der Waals surface area contributed by atoms with Crippen LogP contribution in [0.15, 0.2) is 0 Å². The van der Waals surface area contributed by atoms with E-state index in [1.807, 2.05) is 0 Å². The molecule has 0 spiro atoms. The molecule has 1 atom stereocenters. The van der Waals surface area contributed by atoms with Gasteiger partial charge in [0.25, 0.3) is 0 Å². The Balaban J connectivity index is 2.32. The van der Waals surface area contributed by atoms with Crippen LogP contribution in [-0.2, 0) is 4.79 Å². The maximum atomic E-state index is 10.9. The lowest BCUT2D eigenvalue weighted by Crippen LogP contribution is -2.37. The first-order valence-electron chi connectivity index (χ1n) is 3.31. The number of carbonyl (C=O) groups is 1. The third-order valence-corrected chi connectivity index (χ3v) is 2.55. The van der Waals surface area contributed by atoms with Crippen LogP contribution in [0, 0.1) is 0 Å². The van der Waals surface area contributed by atoms with Crippen LogP contribution in [-0.4, -0.2) is 27.7 Å². The van der Waals surface area contributed by atoms with E-state index in [0.29, 0.717) is 0 Å². The summed E-state index contributed by atoms with van der Waals surface area (Å²) in [5.74, 6) is 0. The SMILES string of the molecule is N[SiH2]C(=O)[C@H]1CCCN1. The van der Waals surface area contributed by atoms with Gasteiger partial charge in [-0.2, -0.15) is 0 Å².